The van der Waals surface area contributed by atoms with E-state index in [4.69, 9.17) is 13.6 Å². The highest BCUT2D eigenvalue weighted by Gasteiger charge is 2.28. The zero-order chi connectivity index (χ0) is 29.4. The Morgan fingerprint density at radius 2 is 1.15 bits per heavy atom. The summed E-state index contributed by atoms with van der Waals surface area (Å²) in [6, 6.07) is 14.9. The van der Waals surface area contributed by atoms with Crippen molar-refractivity contribution < 1.29 is 23.2 Å². The fraction of sp³-hybridized carbons (Fsp3) is 0.484. The van der Waals surface area contributed by atoms with Crippen LogP contribution >= 0.6 is 0 Å². The predicted octanol–water partition coefficient (Wildman–Crippen LogP) is 7.49. The molecular weight excluding hydrogens is 537 g/mol. The van der Waals surface area contributed by atoms with E-state index in [1.807, 2.05) is 6.08 Å². The molecule has 2 N–H and O–H groups in total. The maximum Gasteiger partial charge on any atom is 0.269 e. The third-order valence-corrected chi connectivity index (χ3v) is 12.3. The predicted molar refractivity (Wildman–Crippen MR) is 168 cm³/mol. The van der Waals surface area contributed by atoms with Gasteiger partial charge in [0.2, 0.25) is 0 Å². The summed E-state index contributed by atoms with van der Waals surface area (Å²) in [5.41, 5.74) is 5.77. The molecule has 0 aliphatic carbocycles. The topological polar surface area (TPSA) is 85.9 Å². The number of carbonyl (C=O) groups is 2. The number of unbranched alkanes of at least 4 members (excludes halogenated alkanes) is 5. The highest BCUT2D eigenvalue weighted by Crippen LogP contribution is 2.21. The monoisotopic (exact) mass is 584 g/mol. The largest absolute Gasteiger partial charge is 0.494 e. The zero-order valence-electron chi connectivity index (χ0n) is 25.0. The van der Waals surface area contributed by atoms with Gasteiger partial charge >= 0.3 is 0 Å². The van der Waals surface area contributed by atoms with Gasteiger partial charge in [0.15, 0.2) is 16.6 Å². The van der Waals surface area contributed by atoms with Gasteiger partial charge in [-0.2, -0.15) is 0 Å². The molecule has 40 heavy (non-hydrogen) atoms. The van der Waals surface area contributed by atoms with E-state index < -0.39 is 28.4 Å². The molecule has 0 aromatic heterocycles. The van der Waals surface area contributed by atoms with Gasteiger partial charge in [-0.1, -0.05) is 25.3 Å². The van der Waals surface area contributed by atoms with Crippen LogP contribution in [0.15, 0.2) is 61.2 Å². The van der Waals surface area contributed by atoms with E-state index in [0.717, 1.165) is 37.9 Å². The van der Waals surface area contributed by atoms with Crippen LogP contribution in [0.1, 0.15) is 65.7 Å². The van der Waals surface area contributed by atoms with Crippen molar-refractivity contribution in [3.05, 3.63) is 72.3 Å². The van der Waals surface area contributed by atoms with Crippen molar-refractivity contribution in [1.29, 1.82) is 0 Å². The lowest BCUT2D eigenvalue weighted by Gasteiger charge is -2.31. The Morgan fingerprint density at radius 1 is 0.700 bits per heavy atom. The molecule has 7 nitrogen and oxygen atoms in total. The van der Waals surface area contributed by atoms with Crippen LogP contribution in [-0.4, -0.2) is 41.7 Å². The molecular formula is C31H48N2O5Si2. The van der Waals surface area contributed by atoms with Crippen molar-refractivity contribution in [2.24, 2.45) is 0 Å². The van der Waals surface area contributed by atoms with Crippen LogP contribution in [0.25, 0.3) is 0 Å². The summed E-state index contributed by atoms with van der Waals surface area (Å²) in [7, 11) is -3.01. The first-order chi connectivity index (χ1) is 19.0. The number of allylic oxidation sites excluding steroid dienone is 1. The second kappa shape index (κ2) is 17.0. The number of rotatable bonds is 18. The smallest absolute Gasteiger partial charge is 0.269 e. The highest BCUT2D eigenvalue weighted by molar-refractivity contribution is 6.84. The van der Waals surface area contributed by atoms with Gasteiger partial charge in [-0.15, -0.1) is 6.58 Å². The first kappa shape index (κ1) is 33.3. The molecule has 220 valence electrons. The van der Waals surface area contributed by atoms with Crippen LogP contribution in [0.5, 0.6) is 11.5 Å². The second-order valence-electron chi connectivity index (χ2n) is 11.6. The number of hydrogen-bond donors (Lipinski definition) is 2. The Kier molecular flexibility index (Phi) is 14.2. The number of carbonyl (C=O) groups excluding carboxylic acids is 2. The summed E-state index contributed by atoms with van der Waals surface area (Å²) >= 11 is 0. The van der Waals surface area contributed by atoms with E-state index in [-0.39, 0.29) is 0 Å². The van der Waals surface area contributed by atoms with Crippen LogP contribution < -0.4 is 20.3 Å². The van der Waals surface area contributed by atoms with E-state index >= 15 is 0 Å². The average Bonchev–Trinajstić information content (AvgIpc) is 2.90. The van der Waals surface area contributed by atoms with Crippen molar-refractivity contribution >= 4 is 28.4 Å². The summed E-state index contributed by atoms with van der Waals surface area (Å²) in [5.74, 6) is 0.625. The van der Waals surface area contributed by atoms with Gasteiger partial charge < -0.3 is 13.6 Å². The lowest BCUT2D eigenvalue weighted by atomic mass is 10.2. The lowest BCUT2D eigenvalue weighted by molar-refractivity contribution is 0.0846. The summed E-state index contributed by atoms with van der Waals surface area (Å²) in [6.07, 6.45) is 9.38. The number of amides is 2. The van der Waals surface area contributed by atoms with Crippen LogP contribution in [0.3, 0.4) is 0 Å². The molecule has 0 saturated heterocycles. The number of hydrazine groups is 1. The molecule has 0 fully saturated rings. The van der Waals surface area contributed by atoms with Crippen molar-refractivity contribution in [3.63, 3.8) is 0 Å². The van der Waals surface area contributed by atoms with Crippen LogP contribution in [0.4, 0.5) is 0 Å². The zero-order valence-corrected chi connectivity index (χ0v) is 27.0. The normalized spacial score (nSPS) is 11.5. The van der Waals surface area contributed by atoms with Gasteiger partial charge in [0.25, 0.3) is 11.8 Å². The van der Waals surface area contributed by atoms with E-state index in [1.54, 1.807) is 48.5 Å². The molecule has 0 spiro atoms. The summed E-state index contributed by atoms with van der Waals surface area (Å²) in [4.78, 5) is 24.8. The lowest BCUT2D eigenvalue weighted by Crippen LogP contribution is -2.42. The molecule has 0 saturated carbocycles. The molecule has 0 aliphatic heterocycles. The second-order valence-corrected chi connectivity index (χ2v) is 20.6. The van der Waals surface area contributed by atoms with Crippen LogP contribution in [0, 0.1) is 0 Å². The van der Waals surface area contributed by atoms with E-state index in [9.17, 15) is 9.59 Å². The highest BCUT2D eigenvalue weighted by atomic mass is 28.4. The summed E-state index contributed by atoms with van der Waals surface area (Å²) in [5, 5.41) is 0. The molecule has 0 bridgehead atoms. The molecule has 2 aromatic carbocycles. The molecule has 0 aliphatic rings. The standard InChI is InChI=1S/C31H48N2O5Si2/c1-7-8-9-12-23-36-28-19-15-26(16-20-28)30(34)32-33-31(35)27-17-21-29(22-18-27)37-24-13-10-11-14-25-40(5,6)38-39(2,3)4/h7,15-22H,1,8-14,23-25H2,2-6H3,(H,32,34)(H,33,35). The average molecular weight is 585 g/mol. The molecule has 2 rings (SSSR count). The molecule has 0 atom stereocenters. The minimum Gasteiger partial charge on any atom is -0.494 e. The third-order valence-electron chi connectivity index (χ3n) is 6.12. The Labute approximate surface area is 242 Å². The maximum absolute atomic E-state index is 12.5. The van der Waals surface area contributed by atoms with Crippen molar-refractivity contribution in [3.8, 4) is 11.5 Å². The van der Waals surface area contributed by atoms with E-state index in [0.29, 0.717) is 30.1 Å². The van der Waals surface area contributed by atoms with Gasteiger partial charge in [0.1, 0.15) is 11.5 Å². The first-order valence-electron chi connectivity index (χ1n) is 14.4. The van der Waals surface area contributed by atoms with Gasteiger partial charge in [0.05, 0.1) is 13.2 Å². The molecule has 0 unspecified atom stereocenters. The number of hydrogen-bond acceptors (Lipinski definition) is 5. The summed E-state index contributed by atoms with van der Waals surface area (Å²) < 4.78 is 17.9. The molecule has 0 radical (unpaired) electrons. The van der Waals surface area contributed by atoms with Gasteiger partial charge in [-0.05, 0) is 113 Å². The Hall–Kier alpha value is -2.89. The van der Waals surface area contributed by atoms with E-state index in [2.05, 4.69) is 50.2 Å². The number of ether oxygens (including phenoxy) is 2. The Balaban J connectivity index is 1.63. The van der Waals surface area contributed by atoms with Gasteiger partial charge in [0, 0.05) is 11.1 Å². The Bertz CT molecular complexity index is 1050. The van der Waals surface area contributed by atoms with Crippen molar-refractivity contribution in [2.75, 3.05) is 13.2 Å². The maximum atomic E-state index is 12.5. The number of nitrogens with one attached hydrogen (secondary N) is 2. The van der Waals surface area contributed by atoms with Crippen molar-refractivity contribution in [1.82, 2.24) is 10.9 Å². The SMILES string of the molecule is C=CCCCCOc1ccc(C(=O)NNC(=O)c2ccc(OCCCCCC[Si](C)(C)O[Si](C)(C)C)cc2)cc1. The molecule has 2 amide bonds. The van der Waals surface area contributed by atoms with Crippen molar-refractivity contribution in [2.45, 2.75) is 83.7 Å². The minimum absolute atomic E-state index is 0.399. The van der Waals surface area contributed by atoms with Crippen LogP contribution in [-0.2, 0) is 4.12 Å². The van der Waals surface area contributed by atoms with Gasteiger partial charge in [-0.3, -0.25) is 20.4 Å². The fourth-order valence-corrected chi connectivity index (χ4v) is 12.5. The first-order valence-corrected chi connectivity index (χ1v) is 20.9. The third kappa shape index (κ3) is 14.0. The fourth-order valence-electron chi connectivity index (χ4n) is 4.32. The minimum atomic E-state index is -1.55. The van der Waals surface area contributed by atoms with Crippen LogP contribution in [0.2, 0.25) is 38.8 Å². The molecule has 9 heteroatoms. The summed E-state index contributed by atoms with van der Waals surface area (Å²) in [6.45, 7) is 16.4. The molecule has 2 aromatic rings. The number of benzene rings is 2. The Morgan fingerprint density at radius 3 is 1.60 bits per heavy atom. The molecule has 0 heterocycles. The quantitative estimate of drug-likeness (QED) is 0.0820. The van der Waals surface area contributed by atoms with Gasteiger partial charge in [-0.25, -0.2) is 0 Å². The van der Waals surface area contributed by atoms with E-state index in [1.165, 1.54) is 18.9 Å².